The van der Waals surface area contributed by atoms with Crippen molar-refractivity contribution in [3.63, 3.8) is 0 Å². The van der Waals surface area contributed by atoms with Crippen molar-refractivity contribution in [2.75, 3.05) is 27.2 Å². The first-order valence-electron chi connectivity index (χ1n) is 14.6. The third kappa shape index (κ3) is 10.0. The summed E-state index contributed by atoms with van der Waals surface area (Å²) in [5.41, 5.74) is 7.80. The van der Waals surface area contributed by atoms with Crippen molar-refractivity contribution in [3.05, 3.63) is 42.0 Å². The Hall–Kier alpha value is -3.26. The minimum absolute atomic E-state index is 0.250. The number of primary amides is 1. The SMILES string of the molecule is CC.CCC(=O)CCCCCCc1ncc(-c2cc3ccc(C)nc3cc2OC)o1.CN1CC2(CC2)C1.NC=O. The van der Waals surface area contributed by atoms with Gasteiger partial charge in [0.2, 0.25) is 6.41 Å². The van der Waals surface area contributed by atoms with Crippen molar-refractivity contribution in [2.45, 2.75) is 85.5 Å². The monoisotopic (exact) mass is 552 g/mol. The van der Waals surface area contributed by atoms with Crippen molar-refractivity contribution in [3.8, 4) is 17.1 Å². The number of ether oxygens (including phenoxy) is 1. The van der Waals surface area contributed by atoms with Gasteiger partial charge in [-0.25, -0.2) is 4.98 Å². The molecule has 8 nitrogen and oxygen atoms in total. The molecule has 2 N–H and O–H groups in total. The summed E-state index contributed by atoms with van der Waals surface area (Å²) in [7, 11) is 3.85. The van der Waals surface area contributed by atoms with Crippen LogP contribution in [0, 0.1) is 12.3 Å². The second-order valence-electron chi connectivity index (χ2n) is 10.4. The zero-order valence-electron chi connectivity index (χ0n) is 25.3. The average molecular weight is 553 g/mol. The number of oxazole rings is 1. The molecule has 2 fully saturated rings. The Morgan fingerprint density at radius 3 is 2.40 bits per heavy atom. The van der Waals surface area contributed by atoms with Crippen LogP contribution < -0.4 is 10.5 Å². The number of methoxy groups -OCH3 is 1. The van der Waals surface area contributed by atoms with Crippen molar-refractivity contribution in [1.29, 1.82) is 0 Å². The molecule has 1 aliphatic heterocycles. The number of nitrogens with two attached hydrogens (primary N) is 1. The van der Waals surface area contributed by atoms with Gasteiger partial charge in [-0.3, -0.25) is 14.6 Å². The summed E-state index contributed by atoms with van der Waals surface area (Å²) in [5.74, 6) is 2.53. The molecule has 3 heterocycles. The van der Waals surface area contributed by atoms with E-state index in [1.165, 1.54) is 25.9 Å². The van der Waals surface area contributed by atoms with Crippen LogP contribution in [0.25, 0.3) is 22.2 Å². The van der Waals surface area contributed by atoms with Gasteiger partial charge in [0.05, 0.1) is 24.4 Å². The van der Waals surface area contributed by atoms with E-state index >= 15 is 0 Å². The minimum Gasteiger partial charge on any atom is -0.496 e. The number of aryl methyl sites for hydroxylation is 2. The van der Waals surface area contributed by atoms with E-state index in [9.17, 15) is 4.79 Å². The summed E-state index contributed by atoms with van der Waals surface area (Å²) in [4.78, 5) is 31.3. The van der Waals surface area contributed by atoms with Crippen LogP contribution >= 0.6 is 0 Å². The highest BCUT2D eigenvalue weighted by Gasteiger charge is 2.50. The first-order chi connectivity index (χ1) is 19.3. The molecule has 5 rings (SSSR count). The maximum atomic E-state index is 11.3. The number of unbranched alkanes of at least 4 members (excludes halogenated alkanes) is 3. The number of carbonyl (C=O) groups excluding carboxylic acids is 2. The van der Waals surface area contributed by atoms with E-state index in [-0.39, 0.29) is 6.41 Å². The summed E-state index contributed by atoms with van der Waals surface area (Å²) in [6.07, 6.45) is 11.3. The highest BCUT2D eigenvalue weighted by atomic mass is 16.5. The summed E-state index contributed by atoms with van der Waals surface area (Å²) in [6.45, 7) is 10.7. The van der Waals surface area contributed by atoms with Crippen molar-refractivity contribution in [2.24, 2.45) is 11.1 Å². The number of carbonyl (C=O) groups is 2. The number of ketones is 1. The zero-order chi connectivity index (χ0) is 29.5. The van der Waals surface area contributed by atoms with Crippen molar-refractivity contribution in [1.82, 2.24) is 14.9 Å². The fourth-order valence-corrected chi connectivity index (χ4v) is 4.89. The molecule has 2 aromatic heterocycles. The predicted octanol–water partition coefficient (Wildman–Crippen LogP) is 6.52. The number of hydrogen-bond donors (Lipinski definition) is 1. The summed E-state index contributed by atoms with van der Waals surface area (Å²) < 4.78 is 11.5. The van der Waals surface area contributed by atoms with E-state index in [1.54, 1.807) is 13.3 Å². The second kappa shape index (κ2) is 16.8. The lowest BCUT2D eigenvalue weighted by Crippen LogP contribution is -2.45. The van der Waals surface area contributed by atoms with E-state index in [4.69, 9.17) is 13.9 Å². The second-order valence-corrected chi connectivity index (χ2v) is 10.4. The third-order valence-corrected chi connectivity index (χ3v) is 7.13. The number of benzene rings is 1. The Labute approximate surface area is 239 Å². The molecule has 0 atom stereocenters. The standard InChI is InChI=1S/C23H28N2O3.C6H11N.C2H6.CH3NO/c1-4-18(26)9-7-5-6-8-10-23-24-15-22(28-23)19-13-17-12-11-16(2)25-20(17)14-21(19)27-3;1-7-4-6(5-7)2-3-6;1-2;2-1-3/h11-15H,4-10H2,1-3H3;2-5H2,1H3;1-2H3;1H,(H2,2,3). The summed E-state index contributed by atoms with van der Waals surface area (Å²) >= 11 is 0. The number of hydrogen-bond acceptors (Lipinski definition) is 7. The molecule has 0 radical (unpaired) electrons. The van der Waals surface area contributed by atoms with Crippen molar-refractivity contribution < 1.29 is 18.7 Å². The number of nitrogens with zero attached hydrogens (tertiary/aromatic N) is 3. The first-order valence-corrected chi connectivity index (χ1v) is 14.6. The number of rotatable bonds is 10. The lowest BCUT2D eigenvalue weighted by Gasteiger charge is -2.36. The van der Waals surface area contributed by atoms with Crippen LogP contribution in [-0.4, -0.2) is 54.3 Å². The molecule has 3 aromatic rings. The smallest absolute Gasteiger partial charge is 0.204 e. The number of fused-ring (bicyclic) bond motifs is 1. The molecule has 1 amide bonds. The lowest BCUT2D eigenvalue weighted by molar-refractivity contribution is -0.118. The highest BCUT2D eigenvalue weighted by molar-refractivity contribution is 5.87. The molecule has 2 aliphatic rings. The van der Waals surface area contributed by atoms with Crippen LogP contribution in [0.5, 0.6) is 5.75 Å². The van der Waals surface area contributed by atoms with E-state index in [0.717, 1.165) is 71.3 Å². The molecule has 1 aromatic carbocycles. The third-order valence-electron chi connectivity index (χ3n) is 7.13. The van der Waals surface area contributed by atoms with Crippen LogP contribution in [0.2, 0.25) is 0 Å². The average Bonchev–Trinajstić information content (AvgIpc) is 3.59. The molecule has 1 saturated carbocycles. The van der Waals surface area contributed by atoms with Crippen LogP contribution in [0.4, 0.5) is 0 Å². The van der Waals surface area contributed by atoms with Crippen LogP contribution in [0.15, 0.2) is 34.9 Å². The van der Waals surface area contributed by atoms with Crippen LogP contribution in [-0.2, 0) is 16.0 Å². The quantitative estimate of drug-likeness (QED) is 0.225. The largest absolute Gasteiger partial charge is 0.496 e. The maximum absolute atomic E-state index is 11.3. The zero-order valence-corrected chi connectivity index (χ0v) is 25.3. The first kappa shape index (κ1) is 32.9. The number of amides is 1. The normalized spacial score (nSPS) is 14.4. The molecule has 1 spiro atoms. The molecular weight excluding hydrogens is 504 g/mol. The van der Waals surface area contributed by atoms with Gasteiger partial charge in [-0.05, 0) is 57.2 Å². The maximum Gasteiger partial charge on any atom is 0.204 e. The molecule has 220 valence electrons. The predicted molar refractivity (Wildman–Crippen MR) is 161 cm³/mol. The fraction of sp³-hybridized carbons (Fsp3) is 0.562. The Kier molecular flexibility index (Phi) is 13.8. The Morgan fingerprint density at radius 2 is 1.82 bits per heavy atom. The van der Waals surface area contributed by atoms with Gasteiger partial charge in [0.1, 0.15) is 11.5 Å². The number of aromatic nitrogens is 2. The number of likely N-dealkylation sites (tertiary alicyclic amines) is 1. The van der Waals surface area contributed by atoms with Crippen LogP contribution in [0.3, 0.4) is 0 Å². The van der Waals surface area contributed by atoms with Gasteiger partial charge < -0.3 is 19.8 Å². The molecule has 40 heavy (non-hydrogen) atoms. The molecule has 0 bridgehead atoms. The number of Topliss-reactive ketones (excluding diaryl/α,β-unsaturated/α-hetero) is 1. The van der Waals surface area contributed by atoms with Gasteiger partial charge in [0, 0.05) is 49.5 Å². The fourth-order valence-electron chi connectivity index (χ4n) is 4.89. The molecular formula is C32H48N4O4. The molecule has 1 aliphatic carbocycles. The molecule has 1 saturated heterocycles. The van der Waals surface area contributed by atoms with Gasteiger partial charge in [-0.1, -0.05) is 39.7 Å². The summed E-state index contributed by atoms with van der Waals surface area (Å²) in [6, 6.07) is 8.03. The van der Waals surface area contributed by atoms with Gasteiger partial charge >= 0.3 is 0 Å². The Balaban J connectivity index is 0.000000386. The summed E-state index contributed by atoms with van der Waals surface area (Å²) in [5, 5.41) is 1.04. The topological polar surface area (TPSA) is 112 Å². The number of pyridine rings is 1. The van der Waals surface area contributed by atoms with E-state index < -0.39 is 0 Å². The van der Waals surface area contributed by atoms with Gasteiger partial charge in [0.15, 0.2) is 11.7 Å². The Bertz CT molecular complexity index is 1190. The molecule has 8 heteroatoms. The minimum atomic E-state index is 0.250. The lowest BCUT2D eigenvalue weighted by atomic mass is 9.98. The van der Waals surface area contributed by atoms with Crippen molar-refractivity contribution >= 4 is 23.1 Å². The van der Waals surface area contributed by atoms with E-state index in [0.29, 0.717) is 24.4 Å². The van der Waals surface area contributed by atoms with E-state index in [1.807, 2.05) is 45.9 Å². The van der Waals surface area contributed by atoms with Gasteiger partial charge in [-0.15, -0.1) is 0 Å². The van der Waals surface area contributed by atoms with Gasteiger partial charge in [-0.2, -0.15) is 0 Å². The molecule has 0 unspecified atom stereocenters. The van der Waals surface area contributed by atoms with E-state index in [2.05, 4.69) is 33.7 Å². The highest BCUT2D eigenvalue weighted by Crippen LogP contribution is 2.52. The van der Waals surface area contributed by atoms with Gasteiger partial charge in [0.25, 0.3) is 0 Å². The Morgan fingerprint density at radius 1 is 1.15 bits per heavy atom. The van der Waals surface area contributed by atoms with Crippen LogP contribution in [0.1, 0.15) is 83.7 Å².